The van der Waals surface area contributed by atoms with E-state index in [1.165, 1.54) is 19.1 Å². The number of likely N-dealkylation sites (N-methyl/N-ethyl adjacent to an activating group) is 1. The van der Waals surface area contributed by atoms with Gasteiger partial charge in [-0.05, 0) is 11.8 Å². The highest BCUT2D eigenvalue weighted by molar-refractivity contribution is 5.89. The van der Waals surface area contributed by atoms with Gasteiger partial charge < -0.3 is 14.4 Å². The quantitative estimate of drug-likeness (QED) is 0.245. The molecule has 0 aromatic carbocycles. The molecule has 6 nitrogen and oxygen atoms in total. The number of carbonyl (C=O) groups excluding carboxylic acids is 3. The van der Waals surface area contributed by atoms with Gasteiger partial charge in [-0.15, -0.1) is 0 Å². The number of Topliss-reactive ketones (excluding diaryl/α,β-unsaturated/α-hetero) is 1. The average Bonchev–Trinajstić information content (AvgIpc) is 2.85. The minimum Gasteiger partial charge on any atom is -0.456 e. The van der Waals surface area contributed by atoms with E-state index in [2.05, 4.69) is 0 Å². The highest BCUT2D eigenvalue weighted by Crippen LogP contribution is 2.34. The Morgan fingerprint density at radius 2 is 1.34 bits per heavy atom. The number of hydrogen-bond donors (Lipinski definition) is 0. The normalized spacial score (nSPS) is 29.3. The summed E-state index contributed by atoms with van der Waals surface area (Å²) in [6, 6.07) is -0.706. The SMILES string of the molecule is CC[C@H](C)[C@@H]([C@@H](CC(=O)OC1C(F)C(F)C(F)C(F)C1F)OC)N(C)C(=O)[C@@H](CC(=O)C(C)(C)C)C(C)C. The minimum absolute atomic E-state index is 0.0269. The monoisotopic (exact) mass is 557 g/mol. The van der Waals surface area contributed by atoms with Crippen molar-refractivity contribution < 1.29 is 45.8 Å². The third kappa shape index (κ3) is 8.11. The molecule has 0 aliphatic heterocycles. The van der Waals surface area contributed by atoms with Crippen LogP contribution >= 0.6 is 0 Å². The second-order valence-corrected chi connectivity index (χ2v) is 11.7. The molecule has 0 saturated heterocycles. The number of nitrogens with zero attached hydrogens (tertiary/aromatic N) is 1. The molecule has 1 fully saturated rings. The van der Waals surface area contributed by atoms with Crippen LogP contribution in [-0.2, 0) is 23.9 Å². The topological polar surface area (TPSA) is 72.9 Å². The summed E-state index contributed by atoms with van der Waals surface area (Å²) < 4.78 is 79.7. The molecule has 0 N–H and O–H groups in total. The second kappa shape index (κ2) is 14.0. The lowest BCUT2D eigenvalue weighted by Gasteiger charge is -2.40. The Bertz CT molecular complexity index is 791. The van der Waals surface area contributed by atoms with Crippen LogP contribution in [0.25, 0.3) is 0 Å². The minimum atomic E-state index is -3.00. The van der Waals surface area contributed by atoms with Crippen LogP contribution < -0.4 is 0 Å². The number of methoxy groups -OCH3 is 1. The smallest absolute Gasteiger partial charge is 0.308 e. The maximum absolute atomic E-state index is 14.2. The average molecular weight is 558 g/mol. The summed E-state index contributed by atoms with van der Waals surface area (Å²) in [6.45, 7) is 12.7. The van der Waals surface area contributed by atoms with Crippen LogP contribution in [0.15, 0.2) is 0 Å². The predicted molar refractivity (Wildman–Crippen MR) is 133 cm³/mol. The highest BCUT2D eigenvalue weighted by Gasteiger charge is 2.55. The van der Waals surface area contributed by atoms with Gasteiger partial charge in [-0.1, -0.05) is 54.9 Å². The Labute approximate surface area is 223 Å². The van der Waals surface area contributed by atoms with Crippen molar-refractivity contribution in [2.45, 2.75) is 117 Å². The molecule has 8 atom stereocenters. The lowest BCUT2D eigenvalue weighted by atomic mass is 9.80. The van der Waals surface area contributed by atoms with Crippen LogP contribution in [0.1, 0.15) is 67.7 Å². The molecule has 0 radical (unpaired) electrons. The number of esters is 1. The molecule has 1 aliphatic carbocycles. The van der Waals surface area contributed by atoms with Gasteiger partial charge in [0.2, 0.25) is 5.91 Å². The van der Waals surface area contributed by atoms with Gasteiger partial charge in [0, 0.05) is 31.9 Å². The molecule has 1 saturated carbocycles. The van der Waals surface area contributed by atoms with Crippen LogP contribution in [0.3, 0.4) is 0 Å². The summed E-state index contributed by atoms with van der Waals surface area (Å²) in [5.74, 6) is -2.64. The first kappa shape index (κ1) is 34.2. The van der Waals surface area contributed by atoms with E-state index in [9.17, 15) is 36.3 Å². The fourth-order valence-electron chi connectivity index (χ4n) is 4.66. The zero-order valence-corrected chi connectivity index (χ0v) is 23.9. The maximum Gasteiger partial charge on any atom is 0.308 e. The van der Waals surface area contributed by atoms with Crippen molar-refractivity contribution in [3.63, 3.8) is 0 Å². The van der Waals surface area contributed by atoms with Gasteiger partial charge in [0.1, 0.15) is 5.78 Å². The molecule has 0 aromatic rings. The van der Waals surface area contributed by atoms with Gasteiger partial charge in [-0.25, -0.2) is 22.0 Å². The summed E-state index contributed by atoms with van der Waals surface area (Å²) in [5, 5.41) is 0. The molecule has 1 amide bonds. The lowest BCUT2D eigenvalue weighted by Crippen LogP contribution is -2.58. The van der Waals surface area contributed by atoms with Gasteiger partial charge >= 0.3 is 5.97 Å². The number of ketones is 1. The third-order valence-electron chi connectivity index (χ3n) is 7.55. The van der Waals surface area contributed by atoms with E-state index >= 15 is 0 Å². The Kier molecular flexibility index (Phi) is 12.6. The molecule has 38 heavy (non-hydrogen) atoms. The molecular formula is C27H44F5NO5. The first-order valence-electron chi connectivity index (χ1n) is 13.1. The van der Waals surface area contributed by atoms with Crippen molar-refractivity contribution in [1.29, 1.82) is 0 Å². The first-order chi connectivity index (χ1) is 17.4. The van der Waals surface area contributed by atoms with E-state index in [1.807, 2.05) is 27.7 Å². The van der Waals surface area contributed by atoms with E-state index in [1.54, 1.807) is 20.8 Å². The van der Waals surface area contributed by atoms with Gasteiger partial charge in [-0.2, -0.15) is 0 Å². The van der Waals surface area contributed by atoms with Crippen LogP contribution in [0, 0.1) is 23.2 Å². The van der Waals surface area contributed by atoms with E-state index in [4.69, 9.17) is 9.47 Å². The summed E-state index contributed by atoms with van der Waals surface area (Å²) in [4.78, 5) is 40.4. The van der Waals surface area contributed by atoms with Gasteiger partial charge in [0.25, 0.3) is 0 Å². The van der Waals surface area contributed by atoms with Gasteiger partial charge in [0.15, 0.2) is 37.0 Å². The van der Waals surface area contributed by atoms with Crippen LogP contribution in [0.5, 0.6) is 0 Å². The molecule has 1 rings (SSSR count). The fraction of sp³-hybridized carbons (Fsp3) is 0.889. The van der Waals surface area contributed by atoms with E-state index in [0.717, 1.165) is 0 Å². The summed E-state index contributed by atoms with van der Waals surface area (Å²) in [7, 11) is 2.82. The van der Waals surface area contributed by atoms with Crippen molar-refractivity contribution >= 4 is 17.7 Å². The van der Waals surface area contributed by atoms with Crippen LogP contribution in [0.4, 0.5) is 22.0 Å². The van der Waals surface area contributed by atoms with Crippen molar-refractivity contribution in [2.75, 3.05) is 14.2 Å². The summed E-state index contributed by atoms with van der Waals surface area (Å²) >= 11 is 0. The summed E-state index contributed by atoms with van der Waals surface area (Å²) in [6.07, 6.45) is -18.2. The van der Waals surface area contributed by atoms with Crippen molar-refractivity contribution in [3.05, 3.63) is 0 Å². The molecule has 222 valence electrons. The van der Waals surface area contributed by atoms with Crippen LogP contribution in [0.2, 0.25) is 0 Å². The van der Waals surface area contributed by atoms with Crippen molar-refractivity contribution in [3.8, 4) is 0 Å². The predicted octanol–water partition coefficient (Wildman–Crippen LogP) is 5.16. The molecule has 0 spiro atoms. The fourth-order valence-corrected chi connectivity index (χ4v) is 4.66. The molecule has 4 unspecified atom stereocenters. The molecular weight excluding hydrogens is 513 g/mol. The number of alkyl halides is 5. The number of hydrogen-bond acceptors (Lipinski definition) is 5. The Morgan fingerprint density at radius 3 is 1.74 bits per heavy atom. The largest absolute Gasteiger partial charge is 0.456 e. The Hall–Kier alpha value is -1.78. The molecule has 11 heteroatoms. The van der Waals surface area contributed by atoms with E-state index < -0.39 is 72.8 Å². The highest BCUT2D eigenvalue weighted by atomic mass is 19.2. The number of carbonyl (C=O) groups is 3. The molecule has 0 bridgehead atoms. The maximum atomic E-state index is 14.2. The second-order valence-electron chi connectivity index (χ2n) is 11.7. The molecule has 0 aromatic heterocycles. The molecule has 1 aliphatic rings. The Balaban J connectivity index is 3.15. The molecule has 0 heterocycles. The summed E-state index contributed by atoms with van der Waals surface area (Å²) in [5.41, 5.74) is -0.637. The zero-order chi connectivity index (χ0) is 29.7. The van der Waals surface area contributed by atoms with Crippen LogP contribution in [-0.4, -0.2) is 85.8 Å². The number of rotatable bonds is 12. The number of halogens is 5. The number of amides is 1. The van der Waals surface area contributed by atoms with E-state index in [0.29, 0.717) is 6.42 Å². The van der Waals surface area contributed by atoms with Crippen molar-refractivity contribution in [1.82, 2.24) is 4.90 Å². The van der Waals surface area contributed by atoms with Gasteiger partial charge in [-0.3, -0.25) is 14.4 Å². The third-order valence-corrected chi connectivity index (χ3v) is 7.55. The zero-order valence-electron chi connectivity index (χ0n) is 23.9. The van der Waals surface area contributed by atoms with Crippen molar-refractivity contribution in [2.24, 2.45) is 23.2 Å². The number of ether oxygens (including phenoxy) is 2. The van der Waals surface area contributed by atoms with E-state index in [-0.39, 0.29) is 29.9 Å². The lowest BCUT2D eigenvalue weighted by molar-refractivity contribution is -0.180. The van der Waals surface area contributed by atoms with Gasteiger partial charge in [0.05, 0.1) is 18.6 Å². The Morgan fingerprint density at radius 1 is 0.868 bits per heavy atom. The first-order valence-corrected chi connectivity index (χ1v) is 13.1. The standard InChI is InChI=1S/C27H44F5NO5/c1-10-14(4)24(33(8)26(36)15(13(2)3)11-17(34)27(5,6)7)16(37-9)12-18(35)38-25-22(31)20(29)19(28)21(30)23(25)32/h13-16,19-25H,10-12H2,1-9H3/t14-,15-,16+,19?,20?,21?,22?,23?,24-,25?/m0/s1.